The van der Waals surface area contributed by atoms with Crippen LogP contribution in [0, 0.1) is 10.1 Å². The lowest BCUT2D eigenvalue weighted by atomic mass is 10.1. The van der Waals surface area contributed by atoms with Crippen molar-refractivity contribution in [3.05, 3.63) is 39.9 Å². The average Bonchev–Trinajstić information content (AvgIpc) is 2.29. The molecule has 1 rings (SSSR count). The molecule has 0 saturated heterocycles. The first-order valence-corrected chi connectivity index (χ1v) is 5.69. The van der Waals surface area contributed by atoms with Gasteiger partial charge in [0.15, 0.2) is 0 Å². The van der Waals surface area contributed by atoms with Crippen LogP contribution in [-0.4, -0.2) is 22.8 Å². The van der Waals surface area contributed by atoms with Gasteiger partial charge in [-0.25, -0.2) is 0 Å². The molecule has 1 aromatic carbocycles. The molecule has 6 heteroatoms. The maximum atomic E-state index is 11.7. The third-order valence-electron chi connectivity index (χ3n) is 2.24. The highest BCUT2D eigenvalue weighted by molar-refractivity contribution is 6.17. The highest BCUT2D eigenvalue weighted by Gasteiger charge is 2.13. The molecule has 0 aliphatic rings. The van der Waals surface area contributed by atoms with E-state index in [-0.39, 0.29) is 23.2 Å². The molecule has 0 aromatic heterocycles. The second-order valence-electron chi connectivity index (χ2n) is 3.66. The van der Waals surface area contributed by atoms with Crippen LogP contribution in [-0.2, 0) is 0 Å². The van der Waals surface area contributed by atoms with Gasteiger partial charge < -0.3 is 5.32 Å². The normalized spacial score (nSPS) is 11.9. The summed E-state index contributed by atoms with van der Waals surface area (Å²) in [6.45, 7) is 1.83. The zero-order chi connectivity index (χ0) is 12.8. The van der Waals surface area contributed by atoms with Crippen LogP contribution in [0.25, 0.3) is 0 Å². The number of nitrogens with one attached hydrogen (secondary N) is 1. The summed E-state index contributed by atoms with van der Waals surface area (Å²) in [7, 11) is 0. The van der Waals surface area contributed by atoms with Gasteiger partial charge in [-0.1, -0.05) is 6.07 Å². The molecule has 0 aliphatic heterocycles. The summed E-state index contributed by atoms with van der Waals surface area (Å²) in [4.78, 5) is 21.8. The van der Waals surface area contributed by atoms with E-state index in [1.54, 1.807) is 0 Å². The molecule has 1 amide bonds. The Labute approximate surface area is 104 Å². The summed E-state index contributed by atoms with van der Waals surface area (Å²) in [5, 5.41) is 13.3. The molecule has 5 nitrogen and oxygen atoms in total. The predicted molar refractivity (Wildman–Crippen MR) is 65.4 cm³/mol. The van der Waals surface area contributed by atoms with E-state index in [2.05, 4.69) is 5.32 Å². The van der Waals surface area contributed by atoms with Crippen LogP contribution in [0.15, 0.2) is 24.3 Å². The number of nitro benzene ring substituents is 1. The number of rotatable bonds is 5. The largest absolute Gasteiger partial charge is 0.350 e. The first kappa shape index (κ1) is 13.4. The molecule has 17 heavy (non-hydrogen) atoms. The molecule has 0 aliphatic carbocycles. The Bertz CT molecular complexity index is 423. The standard InChI is InChI=1S/C11H13ClN2O3/c1-8(5-6-12)13-11(15)9-3-2-4-10(7-9)14(16)17/h2-4,7-8H,5-6H2,1H3,(H,13,15). The number of non-ortho nitro benzene ring substituents is 1. The summed E-state index contributed by atoms with van der Waals surface area (Å²) in [6, 6.07) is 5.57. The van der Waals surface area contributed by atoms with Crippen molar-refractivity contribution in [3.8, 4) is 0 Å². The SMILES string of the molecule is CC(CCCl)NC(=O)c1cccc([N+](=O)[O-])c1. The number of halogens is 1. The molecule has 0 radical (unpaired) electrons. The van der Waals surface area contributed by atoms with Gasteiger partial charge in [0.25, 0.3) is 11.6 Å². The molecule has 92 valence electrons. The smallest absolute Gasteiger partial charge is 0.270 e. The molecule has 1 unspecified atom stereocenters. The lowest BCUT2D eigenvalue weighted by Crippen LogP contribution is -2.32. The summed E-state index contributed by atoms with van der Waals surface area (Å²) < 4.78 is 0. The number of nitro groups is 1. The van der Waals surface area contributed by atoms with Crippen LogP contribution in [0.1, 0.15) is 23.7 Å². The van der Waals surface area contributed by atoms with Gasteiger partial charge in [0, 0.05) is 29.6 Å². The van der Waals surface area contributed by atoms with Gasteiger partial charge in [0.05, 0.1) is 4.92 Å². The second kappa shape index (κ2) is 6.20. The number of hydrogen-bond acceptors (Lipinski definition) is 3. The predicted octanol–water partition coefficient (Wildman–Crippen LogP) is 2.34. The van der Waals surface area contributed by atoms with Crippen molar-refractivity contribution in [3.63, 3.8) is 0 Å². The number of benzene rings is 1. The fraction of sp³-hybridized carbons (Fsp3) is 0.364. The summed E-state index contributed by atoms with van der Waals surface area (Å²) >= 11 is 5.55. The van der Waals surface area contributed by atoms with E-state index >= 15 is 0 Å². The summed E-state index contributed by atoms with van der Waals surface area (Å²) in [5.41, 5.74) is 0.184. The lowest BCUT2D eigenvalue weighted by molar-refractivity contribution is -0.384. The fourth-order valence-electron chi connectivity index (χ4n) is 1.30. The van der Waals surface area contributed by atoms with Crippen molar-refractivity contribution >= 4 is 23.2 Å². The van der Waals surface area contributed by atoms with Gasteiger partial charge in [-0.15, -0.1) is 11.6 Å². The molecule has 1 atom stereocenters. The van der Waals surface area contributed by atoms with E-state index in [9.17, 15) is 14.9 Å². The van der Waals surface area contributed by atoms with Crippen molar-refractivity contribution in [2.45, 2.75) is 19.4 Å². The van der Waals surface area contributed by atoms with E-state index in [0.29, 0.717) is 12.3 Å². The number of alkyl halides is 1. The maximum Gasteiger partial charge on any atom is 0.270 e. The average molecular weight is 257 g/mol. The first-order chi connectivity index (χ1) is 8.04. The molecule has 1 aromatic rings. The van der Waals surface area contributed by atoms with E-state index in [1.165, 1.54) is 24.3 Å². The van der Waals surface area contributed by atoms with Gasteiger partial charge >= 0.3 is 0 Å². The van der Waals surface area contributed by atoms with Crippen LogP contribution in [0.2, 0.25) is 0 Å². The third-order valence-corrected chi connectivity index (χ3v) is 2.46. The van der Waals surface area contributed by atoms with Crippen molar-refractivity contribution < 1.29 is 9.72 Å². The van der Waals surface area contributed by atoms with Crippen LogP contribution >= 0.6 is 11.6 Å². The van der Waals surface area contributed by atoms with Crippen LogP contribution in [0.5, 0.6) is 0 Å². The topological polar surface area (TPSA) is 72.2 Å². The van der Waals surface area contributed by atoms with Crippen molar-refractivity contribution in [2.24, 2.45) is 0 Å². The Kier molecular flexibility index (Phi) is 4.90. The van der Waals surface area contributed by atoms with E-state index in [0.717, 1.165) is 0 Å². The number of hydrogen-bond donors (Lipinski definition) is 1. The molecule has 0 heterocycles. The van der Waals surface area contributed by atoms with Gasteiger partial charge in [-0.05, 0) is 19.4 Å². The van der Waals surface area contributed by atoms with Crippen molar-refractivity contribution in [2.75, 3.05) is 5.88 Å². The molecule has 0 fully saturated rings. The van der Waals surface area contributed by atoms with Gasteiger partial charge in [0.1, 0.15) is 0 Å². The number of carbonyl (C=O) groups is 1. The highest BCUT2D eigenvalue weighted by atomic mass is 35.5. The van der Waals surface area contributed by atoms with Crippen LogP contribution in [0.3, 0.4) is 0 Å². The summed E-state index contributed by atoms with van der Waals surface area (Å²) in [5.74, 6) is 0.127. The zero-order valence-corrected chi connectivity index (χ0v) is 10.1. The Balaban J connectivity index is 2.75. The van der Waals surface area contributed by atoms with Gasteiger partial charge in [-0.3, -0.25) is 14.9 Å². The lowest BCUT2D eigenvalue weighted by Gasteiger charge is -2.11. The quantitative estimate of drug-likeness (QED) is 0.499. The minimum Gasteiger partial charge on any atom is -0.350 e. The second-order valence-corrected chi connectivity index (χ2v) is 4.04. The zero-order valence-electron chi connectivity index (χ0n) is 9.35. The molecule has 0 bridgehead atoms. The third kappa shape index (κ3) is 4.03. The van der Waals surface area contributed by atoms with Crippen LogP contribution < -0.4 is 5.32 Å². The van der Waals surface area contributed by atoms with E-state index < -0.39 is 4.92 Å². The highest BCUT2D eigenvalue weighted by Crippen LogP contribution is 2.13. The van der Waals surface area contributed by atoms with Crippen molar-refractivity contribution in [1.29, 1.82) is 0 Å². The number of carbonyl (C=O) groups excluding carboxylic acids is 1. The Hall–Kier alpha value is -1.62. The molecular formula is C11H13ClN2O3. The molecular weight excluding hydrogens is 244 g/mol. The number of amides is 1. The van der Waals surface area contributed by atoms with E-state index in [4.69, 9.17) is 11.6 Å². The maximum absolute atomic E-state index is 11.7. The Morgan fingerprint density at radius 1 is 1.59 bits per heavy atom. The Morgan fingerprint density at radius 3 is 2.88 bits per heavy atom. The van der Waals surface area contributed by atoms with E-state index in [1.807, 2.05) is 6.92 Å². The monoisotopic (exact) mass is 256 g/mol. The molecule has 0 saturated carbocycles. The van der Waals surface area contributed by atoms with Crippen LogP contribution in [0.4, 0.5) is 5.69 Å². The molecule has 0 spiro atoms. The first-order valence-electron chi connectivity index (χ1n) is 5.16. The van der Waals surface area contributed by atoms with Gasteiger partial charge in [-0.2, -0.15) is 0 Å². The minimum absolute atomic E-state index is 0.0562. The van der Waals surface area contributed by atoms with Gasteiger partial charge in [0.2, 0.25) is 0 Å². The summed E-state index contributed by atoms with van der Waals surface area (Å²) in [6.07, 6.45) is 0.655. The molecule has 1 N–H and O–H groups in total. The van der Waals surface area contributed by atoms with Crippen molar-refractivity contribution in [1.82, 2.24) is 5.32 Å². The minimum atomic E-state index is -0.529. The number of nitrogens with zero attached hydrogens (tertiary/aromatic N) is 1. The Morgan fingerprint density at radius 2 is 2.29 bits per heavy atom. The fourth-order valence-corrected chi connectivity index (χ4v) is 1.63.